The van der Waals surface area contributed by atoms with E-state index < -0.39 is 11.9 Å². The number of nitrogens with zero attached hydrogens (tertiary/aromatic N) is 2. The smallest absolute Gasteiger partial charge is 0.267 e. The van der Waals surface area contributed by atoms with E-state index in [-0.39, 0.29) is 11.5 Å². The lowest BCUT2D eigenvalue weighted by Gasteiger charge is -2.15. The number of hydrogen-bond acceptors (Lipinski definition) is 5. The molecule has 0 fully saturated rings. The van der Waals surface area contributed by atoms with Crippen molar-refractivity contribution in [2.24, 2.45) is 0 Å². The zero-order chi connectivity index (χ0) is 22.4. The van der Waals surface area contributed by atoms with Crippen molar-refractivity contribution in [3.05, 3.63) is 71.0 Å². The summed E-state index contributed by atoms with van der Waals surface area (Å²) in [5, 5.41) is 9.80. The van der Waals surface area contributed by atoms with Crippen LogP contribution in [0.1, 0.15) is 26.8 Å². The number of nitrogens with one attached hydrogen (secondary N) is 2. The fourth-order valence-corrected chi connectivity index (χ4v) is 2.98. The molecular weight excluding hydrogens is 396 g/mol. The molecule has 1 heterocycles. The Bertz CT molecular complexity index is 1140. The van der Waals surface area contributed by atoms with Gasteiger partial charge in [0.2, 0.25) is 11.8 Å². The van der Waals surface area contributed by atoms with Crippen LogP contribution in [0.5, 0.6) is 5.75 Å². The zero-order valence-electron chi connectivity index (χ0n) is 17.6. The topological polar surface area (TPSA) is 102 Å². The van der Waals surface area contributed by atoms with Gasteiger partial charge in [0.05, 0.1) is 12.3 Å². The molecule has 3 aromatic rings. The lowest BCUT2D eigenvalue weighted by atomic mass is 10.1. The summed E-state index contributed by atoms with van der Waals surface area (Å²) in [6.45, 7) is 5.49. The van der Waals surface area contributed by atoms with Crippen molar-refractivity contribution in [3.8, 4) is 17.0 Å². The summed E-state index contributed by atoms with van der Waals surface area (Å²) in [7, 11) is 0. The lowest BCUT2D eigenvalue weighted by molar-refractivity contribution is -0.119. The molecule has 0 bridgehead atoms. The van der Waals surface area contributed by atoms with Gasteiger partial charge in [0.1, 0.15) is 11.8 Å². The number of carbonyl (C=O) groups is 2. The average molecular weight is 420 g/mol. The molecule has 31 heavy (non-hydrogen) atoms. The van der Waals surface area contributed by atoms with Gasteiger partial charge in [-0.2, -0.15) is 5.10 Å². The van der Waals surface area contributed by atoms with E-state index in [1.165, 1.54) is 13.0 Å². The molecule has 8 heteroatoms. The van der Waals surface area contributed by atoms with E-state index in [2.05, 4.69) is 15.7 Å². The second-order valence-electron chi connectivity index (χ2n) is 6.89. The first-order valence-corrected chi connectivity index (χ1v) is 9.89. The summed E-state index contributed by atoms with van der Waals surface area (Å²) in [6.07, 6.45) is 0. The molecule has 0 aliphatic heterocycles. The number of ether oxygens (including phenoxy) is 1. The Labute approximate surface area is 179 Å². The number of rotatable bonds is 7. The molecule has 2 amide bonds. The third-order valence-corrected chi connectivity index (χ3v) is 4.48. The fraction of sp³-hybridized carbons (Fsp3) is 0.217. The molecule has 160 valence electrons. The Morgan fingerprint density at radius 3 is 2.35 bits per heavy atom. The van der Waals surface area contributed by atoms with Crippen molar-refractivity contribution in [2.75, 3.05) is 17.2 Å². The van der Waals surface area contributed by atoms with Gasteiger partial charge in [0.15, 0.2) is 0 Å². The molecular formula is C23H24N4O4. The van der Waals surface area contributed by atoms with Gasteiger partial charge in [-0.15, -0.1) is 0 Å². The summed E-state index contributed by atoms with van der Waals surface area (Å²) < 4.78 is 6.60. The third kappa shape index (κ3) is 5.57. The van der Waals surface area contributed by atoms with E-state index in [4.69, 9.17) is 4.74 Å². The highest BCUT2D eigenvalue weighted by molar-refractivity contribution is 5.95. The van der Waals surface area contributed by atoms with Crippen molar-refractivity contribution in [3.63, 3.8) is 0 Å². The van der Waals surface area contributed by atoms with Crippen molar-refractivity contribution in [1.29, 1.82) is 0 Å². The molecule has 2 N–H and O–H groups in total. The van der Waals surface area contributed by atoms with E-state index in [9.17, 15) is 14.4 Å². The summed E-state index contributed by atoms with van der Waals surface area (Å²) in [6, 6.07) is 16.3. The highest BCUT2D eigenvalue weighted by atomic mass is 16.5. The predicted molar refractivity (Wildman–Crippen MR) is 119 cm³/mol. The zero-order valence-corrected chi connectivity index (χ0v) is 17.6. The van der Waals surface area contributed by atoms with Gasteiger partial charge < -0.3 is 15.4 Å². The van der Waals surface area contributed by atoms with Crippen molar-refractivity contribution >= 4 is 23.2 Å². The SMILES string of the molecule is CCOc1ccc(-c2ccc(=O)n(C(C)C(=O)Nc3cccc(NC(C)=O)c3)n2)cc1. The highest BCUT2D eigenvalue weighted by Gasteiger charge is 2.18. The number of anilines is 2. The monoisotopic (exact) mass is 420 g/mol. The molecule has 0 spiro atoms. The fourth-order valence-electron chi connectivity index (χ4n) is 2.98. The quantitative estimate of drug-likeness (QED) is 0.609. The van der Waals surface area contributed by atoms with E-state index in [0.29, 0.717) is 23.7 Å². The van der Waals surface area contributed by atoms with Crippen LogP contribution in [-0.4, -0.2) is 28.2 Å². The molecule has 3 rings (SSSR count). The number of hydrogen-bond donors (Lipinski definition) is 2. The second kappa shape index (κ2) is 9.71. The molecule has 2 aromatic carbocycles. The van der Waals surface area contributed by atoms with Crippen LogP contribution in [0, 0.1) is 0 Å². The molecule has 1 unspecified atom stereocenters. The highest BCUT2D eigenvalue weighted by Crippen LogP contribution is 2.21. The molecule has 1 aromatic heterocycles. The third-order valence-electron chi connectivity index (χ3n) is 4.48. The second-order valence-corrected chi connectivity index (χ2v) is 6.89. The lowest BCUT2D eigenvalue weighted by Crippen LogP contribution is -2.33. The number of benzene rings is 2. The maximum Gasteiger partial charge on any atom is 0.267 e. The first kappa shape index (κ1) is 21.8. The minimum Gasteiger partial charge on any atom is -0.494 e. The van der Waals surface area contributed by atoms with Crippen LogP contribution in [0.15, 0.2) is 65.5 Å². The van der Waals surface area contributed by atoms with Crippen molar-refractivity contribution in [2.45, 2.75) is 26.8 Å². The molecule has 1 atom stereocenters. The Hall–Kier alpha value is -3.94. The summed E-state index contributed by atoms with van der Waals surface area (Å²) in [5.74, 6) is 0.130. The minimum atomic E-state index is -0.848. The van der Waals surface area contributed by atoms with E-state index in [1.807, 2.05) is 31.2 Å². The normalized spacial score (nSPS) is 11.5. The van der Waals surface area contributed by atoms with Crippen LogP contribution in [0.4, 0.5) is 11.4 Å². The van der Waals surface area contributed by atoms with Crippen LogP contribution in [0.3, 0.4) is 0 Å². The van der Waals surface area contributed by atoms with Crippen LogP contribution in [0.25, 0.3) is 11.3 Å². The Kier molecular flexibility index (Phi) is 6.81. The van der Waals surface area contributed by atoms with E-state index in [0.717, 1.165) is 16.0 Å². The van der Waals surface area contributed by atoms with Crippen LogP contribution in [0.2, 0.25) is 0 Å². The Morgan fingerprint density at radius 1 is 1.03 bits per heavy atom. The number of amides is 2. The van der Waals surface area contributed by atoms with Gasteiger partial charge in [-0.3, -0.25) is 14.4 Å². The van der Waals surface area contributed by atoms with Gasteiger partial charge in [0.25, 0.3) is 5.56 Å². The van der Waals surface area contributed by atoms with Crippen LogP contribution >= 0.6 is 0 Å². The predicted octanol–water partition coefficient (Wildman–Crippen LogP) is 3.47. The van der Waals surface area contributed by atoms with Gasteiger partial charge in [-0.1, -0.05) is 6.07 Å². The number of aromatic nitrogens is 2. The summed E-state index contributed by atoms with van der Waals surface area (Å²) >= 11 is 0. The van der Waals surface area contributed by atoms with Crippen LogP contribution < -0.4 is 20.9 Å². The average Bonchev–Trinajstić information content (AvgIpc) is 2.74. The Morgan fingerprint density at radius 2 is 1.71 bits per heavy atom. The maximum atomic E-state index is 12.7. The van der Waals surface area contributed by atoms with Gasteiger partial charge >= 0.3 is 0 Å². The molecule has 0 radical (unpaired) electrons. The largest absolute Gasteiger partial charge is 0.494 e. The van der Waals surface area contributed by atoms with Crippen molar-refractivity contribution in [1.82, 2.24) is 9.78 Å². The van der Waals surface area contributed by atoms with Gasteiger partial charge in [0, 0.05) is 29.9 Å². The standard InChI is InChI=1S/C23H24N4O4/c1-4-31-20-10-8-17(9-11-20)21-12-13-22(29)27(26-21)15(2)23(30)25-19-7-5-6-18(14-19)24-16(3)28/h5-15H,4H2,1-3H3,(H,24,28)(H,25,30). The van der Waals surface area contributed by atoms with Crippen LogP contribution in [-0.2, 0) is 9.59 Å². The Balaban J connectivity index is 1.80. The van der Waals surface area contributed by atoms with Crippen molar-refractivity contribution < 1.29 is 14.3 Å². The first-order chi connectivity index (χ1) is 14.9. The summed E-state index contributed by atoms with van der Waals surface area (Å²) in [5.41, 5.74) is 2.04. The van der Waals surface area contributed by atoms with E-state index in [1.54, 1.807) is 37.3 Å². The molecule has 0 aliphatic carbocycles. The molecule has 0 saturated heterocycles. The van der Waals surface area contributed by atoms with Gasteiger partial charge in [-0.25, -0.2) is 4.68 Å². The molecule has 8 nitrogen and oxygen atoms in total. The van der Waals surface area contributed by atoms with Gasteiger partial charge in [-0.05, 0) is 62.4 Å². The first-order valence-electron chi connectivity index (χ1n) is 9.89. The maximum absolute atomic E-state index is 12.7. The summed E-state index contributed by atoms with van der Waals surface area (Å²) in [4.78, 5) is 36.3. The van der Waals surface area contributed by atoms with E-state index >= 15 is 0 Å². The number of carbonyl (C=O) groups excluding carboxylic acids is 2. The molecule has 0 aliphatic rings. The minimum absolute atomic E-state index is 0.210. The molecule has 0 saturated carbocycles.